The molecule has 4 aliphatic heterocycles. The van der Waals surface area contributed by atoms with Crippen LogP contribution in [0.4, 0.5) is 9.59 Å². The number of nitrogens with zero attached hydrogens (tertiary/aromatic N) is 2. The third-order valence-electron chi connectivity index (χ3n) is 10.7. The number of fused-ring (bicyclic) bond motifs is 8. The van der Waals surface area contributed by atoms with Crippen LogP contribution in [-0.2, 0) is 33.4 Å². The van der Waals surface area contributed by atoms with E-state index in [0.717, 1.165) is 0 Å². The van der Waals surface area contributed by atoms with Gasteiger partial charge in [-0.3, -0.25) is 9.59 Å². The molecule has 0 radical (unpaired) electrons. The van der Waals surface area contributed by atoms with Gasteiger partial charge in [-0.2, -0.15) is 0 Å². The molecule has 0 saturated carbocycles. The average Bonchev–Trinajstić information content (AvgIpc) is 3.82. The van der Waals surface area contributed by atoms with Crippen LogP contribution in [-0.4, -0.2) is 132 Å². The lowest BCUT2D eigenvalue weighted by Gasteiger charge is -2.35. The van der Waals surface area contributed by atoms with Gasteiger partial charge in [0.1, 0.15) is 52.8 Å². The number of aliphatic carboxylic acids is 1. The van der Waals surface area contributed by atoms with E-state index in [1.54, 1.807) is 90.1 Å². The lowest BCUT2D eigenvalue weighted by Crippen LogP contribution is -2.57. The molecule has 18 nitrogen and oxygen atoms in total. The highest BCUT2D eigenvalue weighted by atomic mass is 16.6. The topological polar surface area (TPSA) is 218 Å². The summed E-state index contributed by atoms with van der Waals surface area (Å²) in [6.45, 7) is 18.2. The minimum absolute atomic E-state index is 0.152. The van der Waals surface area contributed by atoms with Gasteiger partial charge in [0.2, 0.25) is 11.8 Å². The van der Waals surface area contributed by atoms with Crippen LogP contribution in [0.3, 0.4) is 0 Å². The molecule has 4 aliphatic rings. The number of ether oxygens (including phenoxy) is 7. The predicted molar refractivity (Wildman–Crippen MR) is 231 cm³/mol. The molecule has 2 aromatic rings. The minimum atomic E-state index is -1.10. The van der Waals surface area contributed by atoms with E-state index in [0.29, 0.717) is 62.9 Å². The molecule has 4 heterocycles. The summed E-state index contributed by atoms with van der Waals surface area (Å²) in [6.07, 6.45) is -0.544. The normalized spacial score (nSPS) is 25.2. The van der Waals surface area contributed by atoms with Gasteiger partial charge in [-0.05, 0) is 55.9 Å². The lowest BCUT2D eigenvalue weighted by atomic mass is 9.85. The van der Waals surface area contributed by atoms with E-state index in [4.69, 9.17) is 33.2 Å². The highest BCUT2D eigenvalue weighted by Crippen LogP contribution is 2.31. The number of hydrogen-bond acceptors (Lipinski definition) is 13. The Morgan fingerprint density at radius 3 is 1.44 bits per heavy atom. The van der Waals surface area contributed by atoms with Crippen LogP contribution in [0, 0.1) is 10.8 Å². The number of carboxylic acid groups (broad SMARTS) is 1. The zero-order valence-electron chi connectivity index (χ0n) is 38.3. The Balaban J connectivity index is 0.000000243. The van der Waals surface area contributed by atoms with Gasteiger partial charge in [-0.15, -0.1) is 0 Å². The number of rotatable bonds is 2. The minimum Gasteiger partial charge on any atom is -0.493 e. The third kappa shape index (κ3) is 13.9. The Kier molecular flexibility index (Phi) is 16.1. The van der Waals surface area contributed by atoms with E-state index in [-0.39, 0.29) is 43.4 Å². The maximum absolute atomic E-state index is 13.7. The largest absolute Gasteiger partial charge is 0.493 e. The Hall–Kier alpha value is -5.62. The molecule has 352 valence electrons. The van der Waals surface area contributed by atoms with Crippen molar-refractivity contribution in [3.05, 3.63) is 48.5 Å². The number of nitrogens with one attached hydrogen (secondary N) is 2. The van der Waals surface area contributed by atoms with Crippen molar-refractivity contribution in [2.75, 3.05) is 39.5 Å². The highest BCUT2D eigenvalue weighted by molar-refractivity contribution is 5.92. The van der Waals surface area contributed by atoms with Gasteiger partial charge in [-0.1, -0.05) is 53.7 Å². The number of carbonyl (C=O) groups is 6. The molecule has 2 fully saturated rings. The molecule has 6 atom stereocenters. The molecule has 0 unspecified atom stereocenters. The number of carbonyl (C=O) groups excluding carboxylic acids is 5. The molecule has 2 aromatic carbocycles. The van der Waals surface area contributed by atoms with E-state index in [1.165, 1.54) is 9.80 Å². The van der Waals surface area contributed by atoms with Crippen molar-refractivity contribution >= 4 is 35.9 Å². The van der Waals surface area contributed by atoms with Crippen molar-refractivity contribution in [2.45, 2.75) is 130 Å². The quantitative estimate of drug-likeness (QED) is 0.324. The standard InChI is InChI=1S/C25H36N2O7.C21H28N2O7/c1-24(2,3)20-21(28)27-15-18(14-19(27)22(29)34-25(4,5)6)32-12-8-11-31-16-9-7-10-17(13-16)33-23(30)26-20;1-21(2,3)17-18(24)23-12-15(11-16(23)19(25)26)29-9-5-8-28-13-6-4-7-14(10-13)30-20(27)22-17/h7,9-10,13,18-20H,8,11-12,14-15H2,1-6H3,(H,26,30);4,6-7,10,15-17H,5,8-9,11-12H2,1-3H3,(H,22,27)(H,25,26)/t18-,19+,20-;15-,16+,17-/m11/s1. The lowest BCUT2D eigenvalue weighted by molar-refractivity contribution is -0.164. The van der Waals surface area contributed by atoms with Crippen molar-refractivity contribution in [3.8, 4) is 23.0 Å². The van der Waals surface area contributed by atoms with Crippen LogP contribution in [0.1, 0.15) is 88.0 Å². The number of carboxylic acids is 1. The fourth-order valence-corrected chi connectivity index (χ4v) is 7.54. The van der Waals surface area contributed by atoms with Crippen molar-refractivity contribution in [1.29, 1.82) is 0 Å². The Bertz CT molecular complexity index is 1990. The number of esters is 1. The summed E-state index contributed by atoms with van der Waals surface area (Å²) in [6, 6.07) is 9.68. The van der Waals surface area contributed by atoms with Crippen LogP contribution in [0.15, 0.2) is 48.5 Å². The van der Waals surface area contributed by atoms with Crippen molar-refractivity contribution in [2.24, 2.45) is 10.8 Å². The molecule has 0 aromatic heterocycles. The summed E-state index contributed by atoms with van der Waals surface area (Å²) in [7, 11) is 0. The van der Waals surface area contributed by atoms with E-state index < -0.39 is 70.6 Å². The molecule has 6 rings (SSSR count). The van der Waals surface area contributed by atoms with Crippen LogP contribution in [0.25, 0.3) is 0 Å². The predicted octanol–water partition coefficient (Wildman–Crippen LogP) is 5.34. The monoisotopic (exact) mass is 896 g/mol. The van der Waals surface area contributed by atoms with Crippen LogP contribution in [0.5, 0.6) is 23.0 Å². The van der Waals surface area contributed by atoms with Crippen molar-refractivity contribution in [3.63, 3.8) is 0 Å². The summed E-state index contributed by atoms with van der Waals surface area (Å²) in [5, 5.41) is 14.9. The Morgan fingerprint density at radius 1 is 0.625 bits per heavy atom. The maximum Gasteiger partial charge on any atom is 0.413 e. The van der Waals surface area contributed by atoms with Crippen LogP contribution in [0.2, 0.25) is 0 Å². The summed E-state index contributed by atoms with van der Waals surface area (Å²) >= 11 is 0. The van der Waals surface area contributed by atoms with E-state index in [1.807, 2.05) is 20.8 Å². The van der Waals surface area contributed by atoms with Crippen molar-refractivity contribution < 1.29 is 67.0 Å². The number of benzene rings is 2. The summed E-state index contributed by atoms with van der Waals surface area (Å²) in [5.41, 5.74) is -2.02. The molecular formula is C46H64N4O14. The first kappa shape index (κ1) is 49.4. The summed E-state index contributed by atoms with van der Waals surface area (Å²) < 4.78 is 39.6. The van der Waals surface area contributed by atoms with Gasteiger partial charge in [0.05, 0.1) is 38.6 Å². The van der Waals surface area contributed by atoms with Gasteiger partial charge < -0.3 is 58.7 Å². The molecule has 0 spiro atoms. The second-order valence-electron chi connectivity index (χ2n) is 19.4. The molecule has 4 amide bonds. The molecular weight excluding hydrogens is 833 g/mol. The SMILES string of the molecule is CC(C)(C)OC(=O)[C@@H]1C[C@@H]2CN1C(=O)[C@H](C(C)(C)C)NC(=O)Oc1cccc(c1)OCCCO2.CC(C)(C)[C@@H]1NC(=O)Oc2cccc(c2)OCCCO[C@@H]2C[C@@H](C(=O)O)N(C2)C1=O. The summed E-state index contributed by atoms with van der Waals surface area (Å²) in [5.74, 6) is -0.740. The molecule has 2 saturated heterocycles. The first-order valence-corrected chi connectivity index (χ1v) is 21.7. The number of hydrogen-bond donors (Lipinski definition) is 3. The average molecular weight is 897 g/mol. The van der Waals surface area contributed by atoms with E-state index in [9.17, 15) is 33.9 Å². The maximum atomic E-state index is 13.7. The molecule has 0 aliphatic carbocycles. The first-order chi connectivity index (χ1) is 30.0. The smallest absolute Gasteiger partial charge is 0.413 e. The molecule has 18 heteroatoms. The number of amides is 4. The zero-order chi connectivity index (χ0) is 47.0. The van der Waals surface area contributed by atoms with E-state index in [2.05, 4.69) is 10.6 Å². The second-order valence-corrected chi connectivity index (χ2v) is 19.4. The first-order valence-electron chi connectivity index (χ1n) is 21.7. The fraction of sp³-hybridized carbons (Fsp3) is 0.609. The van der Waals surface area contributed by atoms with Gasteiger partial charge in [0, 0.05) is 50.9 Å². The Morgan fingerprint density at radius 2 is 1.03 bits per heavy atom. The van der Waals surface area contributed by atoms with Gasteiger partial charge in [-0.25, -0.2) is 19.2 Å². The van der Waals surface area contributed by atoms with Crippen molar-refractivity contribution in [1.82, 2.24) is 20.4 Å². The van der Waals surface area contributed by atoms with Gasteiger partial charge >= 0.3 is 24.1 Å². The molecule has 64 heavy (non-hydrogen) atoms. The zero-order valence-corrected chi connectivity index (χ0v) is 38.3. The second kappa shape index (κ2) is 20.9. The Labute approximate surface area is 374 Å². The molecule has 3 N–H and O–H groups in total. The summed E-state index contributed by atoms with van der Waals surface area (Å²) in [4.78, 5) is 79.8. The third-order valence-corrected chi connectivity index (χ3v) is 10.7. The van der Waals surface area contributed by atoms with E-state index >= 15 is 0 Å². The van der Waals surface area contributed by atoms with Gasteiger partial charge in [0.25, 0.3) is 0 Å². The van der Waals surface area contributed by atoms with Crippen LogP contribution >= 0.6 is 0 Å². The highest BCUT2D eigenvalue weighted by Gasteiger charge is 2.48. The van der Waals surface area contributed by atoms with Gasteiger partial charge in [0.15, 0.2) is 0 Å². The fourth-order valence-electron chi connectivity index (χ4n) is 7.54. The van der Waals surface area contributed by atoms with Crippen LogP contribution < -0.4 is 29.6 Å². The molecule has 8 bridgehead atoms.